The standard InChI is InChI=1S/C21H22FN3O2/c1-2-19-18-12-16(13-23-20(18)27-24-19)21(26)25-8-6-14(7-9-25)10-15-4-3-5-17(22)11-15/h3-5,11-14H,2,6-10H2,1H3. The number of piperidine rings is 1. The van der Waals surface area contributed by atoms with Crippen molar-refractivity contribution in [1.82, 2.24) is 15.0 Å². The van der Waals surface area contributed by atoms with E-state index in [9.17, 15) is 9.18 Å². The third-order valence-corrected chi connectivity index (χ3v) is 5.30. The molecule has 0 N–H and O–H groups in total. The molecule has 0 spiro atoms. The quantitative estimate of drug-likeness (QED) is 0.699. The molecular weight excluding hydrogens is 345 g/mol. The molecule has 1 aliphatic heterocycles. The SMILES string of the molecule is CCc1noc2ncc(C(=O)N3CCC(Cc4cccc(F)c4)CC3)cc12. The van der Waals surface area contributed by atoms with E-state index < -0.39 is 0 Å². The van der Waals surface area contributed by atoms with Crippen LogP contribution in [0.15, 0.2) is 41.1 Å². The van der Waals surface area contributed by atoms with Crippen LogP contribution in [-0.2, 0) is 12.8 Å². The van der Waals surface area contributed by atoms with E-state index >= 15 is 0 Å². The number of amides is 1. The van der Waals surface area contributed by atoms with Crippen molar-refractivity contribution in [2.45, 2.75) is 32.6 Å². The minimum Gasteiger partial charge on any atom is -0.339 e. The highest BCUT2D eigenvalue weighted by molar-refractivity contribution is 5.97. The van der Waals surface area contributed by atoms with E-state index in [1.54, 1.807) is 18.3 Å². The molecule has 3 aromatic rings. The summed E-state index contributed by atoms with van der Waals surface area (Å²) >= 11 is 0. The van der Waals surface area contributed by atoms with E-state index in [1.807, 2.05) is 24.0 Å². The summed E-state index contributed by atoms with van der Waals surface area (Å²) in [5, 5.41) is 4.80. The van der Waals surface area contributed by atoms with Gasteiger partial charge in [0.05, 0.1) is 16.6 Å². The number of aryl methyl sites for hydroxylation is 1. The topological polar surface area (TPSA) is 59.2 Å². The summed E-state index contributed by atoms with van der Waals surface area (Å²) in [6.45, 7) is 3.41. The normalized spacial score (nSPS) is 15.4. The Hall–Kier alpha value is -2.76. The summed E-state index contributed by atoms with van der Waals surface area (Å²) in [5.74, 6) is 0.279. The maximum atomic E-state index is 13.3. The highest BCUT2D eigenvalue weighted by Gasteiger charge is 2.24. The third kappa shape index (κ3) is 3.70. The minimum absolute atomic E-state index is 0.00291. The molecule has 1 aromatic carbocycles. The van der Waals surface area contributed by atoms with Crippen LogP contribution in [0.5, 0.6) is 0 Å². The summed E-state index contributed by atoms with van der Waals surface area (Å²) in [7, 11) is 0. The van der Waals surface area contributed by atoms with Crippen LogP contribution in [0.4, 0.5) is 4.39 Å². The molecule has 0 radical (unpaired) electrons. The predicted octanol–water partition coefficient (Wildman–Crippen LogP) is 4.02. The largest absolute Gasteiger partial charge is 0.339 e. The maximum Gasteiger partial charge on any atom is 0.257 e. The lowest BCUT2D eigenvalue weighted by atomic mass is 9.90. The molecule has 6 heteroatoms. The summed E-state index contributed by atoms with van der Waals surface area (Å²) in [6, 6.07) is 8.62. The Labute approximate surface area is 157 Å². The number of carbonyl (C=O) groups is 1. The van der Waals surface area contributed by atoms with E-state index in [2.05, 4.69) is 10.1 Å². The van der Waals surface area contributed by atoms with Gasteiger partial charge in [0, 0.05) is 19.3 Å². The Bertz CT molecular complexity index is 961. The van der Waals surface area contributed by atoms with Gasteiger partial charge in [-0.2, -0.15) is 0 Å². The smallest absolute Gasteiger partial charge is 0.257 e. The van der Waals surface area contributed by atoms with Gasteiger partial charge in [-0.05, 0) is 55.4 Å². The fourth-order valence-corrected chi connectivity index (χ4v) is 3.77. The van der Waals surface area contributed by atoms with Gasteiger partial charge in [0.15, 0.2) is 0 Å². The lowest BCUT2D eigenvalue weighted by Crippen LogP contribution is -2.39. The second-order valence-electron chi connectivity index (χ2n) is 7.13. The van der Waals surface area contributed by atoms with E-state index in [0.29, 0.717) is 30.3 Å². The molecule has 1 aliphatic rings. The first-order valence-electron chi connectivity index (χ1n) is 9.42. The number of likely N-dealkylation sites (tertiary alicyclic amines) is 1. The number of hydrogen-bond acceptors (Lipinski definition) is 4. The average Bonchev–Trinajstić information content (AvgIpc) is 3.10. The Morgan fingerprint density at radius 3 is 2.85 bits per heavy atom. The molecule has 140 valence electrons. The van der Waals surface area contributed by atoms with Crippen LogP contribution >= 0.6 is 0 Å². The van der Waals surface area contributed by atoms with Crippen molar-refractivity contribution >= 4 is 17.0 Å². The molecule has 4 rings (SSSR count). The zero-order chi connectivity index (χ0) is 18.8. The highest BCUT2D eigenvalue weighted by atomic mass is 19.1. The van der Waals surface area contributed by atoms with Gasteiger partial charge in [-0.3, -0.25) is 4.79 Å². The molecule has 3 heterocycles. The number of fused-ring (bicyclic) bond motifs is 1. The van der Waals surface area contributed by atoms with Crippen LogP contribution in [0.25, 0.3) is 11.1 Å². The second kappa shape index (κ2) is 7.47. The molecule has 1 fully saturated rings. The van der Waals surface area contributed by atoms with Crippen molar-refractivity contribution in [3.8, 4) is 0 Å². The Kier molecular flexibility index (Phi) is 4.88. The van der Waals surface area contributed by atoms with Crippen molar-refractivity contribution in [3.05, 3.63) is 59.2 Å². The van der Waals surface area contributed by atoms with Crippen molar-refractivity contribution in [2.75, 3.05) is 13.1 Å². The van der Waals surface area contributed by atoms with Gasteiger partial charge >= 0.3 is 0 Å². The first kappa shape index (κ1) is 17.6. The first-order chi connectivity index (χ1) is 13.1. The zero-order valence-electron chi connectivity index (χ0n) is 15.3. The van der Waals surface area contributed by atoms with Crippen LogP contribution in [0.2, 0.25) is 0 Å². The first-order valence-corrected chi connectivity index (χ1v) is 9.42. The van der Waals surface area contributed by atoms with Crippen LogP contribution in [0.1, 0.15) is 41.4 Å². The summed E-state index contributed by atoms with van der Waals surface area (Å²) in [6.07, 6.45) is 5.00. The van der Waals surface area contributed by atoms with Crippen molar-refractivity contribution in [2.24, 2.45) is 5.92 Å². The van der Waals surface area contributed by atoms with Crippen LogP contribution in [0.3, 0.4) is 0 Å². The number of nitrogens with zero attached hydrogens (tertiary/aromatic N) is 3. The zero-order valence-corrected chi connectivity index (χ0v) is 15.3. The van der Waals surface area contributed by atoms with Gasteiger partial charge in [-0.1, -0.05) is 24.2 Å². The van der Waals surface area contributed by atoms with Gasteiger partial charge < -0.3 is 9.42 Å². The molecular formula is C21H22FN3O2. The summed E-state index contributed by atoms with van der Waals surface area (Å²) in [5.41, 5.74) is 2.89. The number of benzene rings is 1. The lowest BCUT2D eigenvalue weighted by molar-refractivity contribution is 0.0690. The number of aromatic nitrogens is 2. The summed E-state index contributed by atoms with van der Waals surface area (Å²) in [4.78, 5) is 19.0. The van der Waals surface area contributed by atoms with Crippen LogP contribution in [-0.4, -0.2) is 34.0 Å². The van der Waals surface area contributed by atoms with Gasteiger partial charge in [-0.15, -0.1) is 0 Å². The van der Waals surface area contributed by atoms with Crippen molar-refractivity contribution in [3.63, 3.8) is 0 Å². The summed E-state index contributed by atoms with van der Waals surface area (Å²) < 4.78 is 18.5. The molecule has 2 aromatic heterocycles. The van der Waals surface area contributed by atoms with Gasteiger partial charge in [0.2, 0.25) is 0 Å². The minimum atomic E-state index is -0.191. The number of rotatable bonds is 4. The predicted molar refractivity (Wildman–Crippen MR) is 99.9 cm³/mol. The van der Waals surface area contributed by atoms with E-state index in [1.165, 1.54) is 6.07 Å². The number of hydrogen-bond donors (Lipinski definition) is 0. The van der Waals surface area contributed by atoms with Crippen molar-refractivity contribution in [1.29, 1.82) is 0 Å². The molecule has 0 saturated carbocycles. The molecule has 0 bridgehead atoms. The molecule has 0 aliphatic carbocycles. The van der Waals surface area contributed by atoms with E-state index in [-0.39, 0.29) is 11.7 Å². The number of pyridine rings is 1. The van der Waals surface area contributed by atoms with Gasteiger partial charge in [-0.25, -0.2) is 9.37 Å². The lowest BCUT2D eigenvalue weighted by Gasteiger charge is -2.32. The molecule has 27 heavy (non-hydrogen) atoms. The third-order valence-electron chi connectivity index (χ3n) is 5.30. The number of halogens is 1. The molecule has 5 nitrogen and oxygen atoms in total. The van der Waals surface area contributed by atoms with Crippen molar-refractivity contribution < 1.29 is 13.7 Å². The molecule has 0 unspecified atom stereocenters. The molecule has 0 atom stereocenters. The Morgan fingerprint density at radius 2 is 2.11 bits per heavy atom. The Morgan fingerprint density at radius 1 is 1.30 bits per heavy atom. The van der Waals surface area contributed by atoms with Gasteiger partial charge in [0.1, 0.15) is 5.82 Å². The fourth-order valence-electron chi connectivity index (χ4n) is 3.77. The Balaban J connectivity index is 1.41. The van der Waals surface area contributed by atoms with E-state index in [0.717, 1.165) is 42.3 Å². The second-order valence-corrected chi connectivity index (χ2v) is 7.13. The van der Waals surface area contributed by atoms with Crippen LogP contribution < -0.4 is 0 Å². The molecule has 1 amide bonds. The molecule has 1 saturated heterocycles. The fraction of sp³-hybridized carbons (Fsp3) is 0.381. The highest BCUT2D eigenvalue weighted by Crippen LogP contribution is 2.24. The average molecular weight is 367 g/mol. The van der Waals surface area contributed by atoms with Crippen LogP contribution in [0, 0.1) is 11.7 Å². The maximum absolute atomic E-state index is 13.3. The van der Waals surface area contributed by atoms with Gasteiger partial charge in [0.25, 0.3) is 11.6 Å². The number of carbonyl (C=O) groups excluding carboxylic acids is 1. The van der Waals surface area contributed by atoms with E-state index in [4.69, 9.17) is 4.52 Å². The monoisotopic (exact) mass is 367 g/mol.